The fourth-order valence-corrected chi connectivity index (χ4v) is 3.31. The summed E-state index contributed by atoms with van der Waals surface area (Å²) < 4.78 is 5.14. The zero-order chi connectivity index (χ0) is 15.5. The molecule has 1 atom stereocenters. The van der Waals surface area contributed by atoms with Gasteiger partial charge in [0.2, 0.25) is 0 Å². The molecule has 1 saturated carbocycles. The van der Waals surface area contributed by atoms with Gasteiger partial charge in [-0.05, 0) is 32.1 Å². The second-order valence-electron chi connectivity index (χ2n) is 6.27. The predicted octanol–water partition coefficient (Wildman–Crippen LogP) is 2.95. The normalized spacial score (nSPS) is 17.9. The third-order valence-electron chi connectivity index (χ3n) is 4.53. The Balaban J connectivity index is 2.59. The van der Waals surface area contributed by atoms with Crippen LogP contribution in [0.4, 0.5) is 0 Å². The lowest BCUT2D eigenvalue weighted by molar-refractivity contribution is -0.145. The molecule has 2 N–H and O–H groups in total. The van der Waals surface area contributed by atoms with Gasteiger partial charge in [-0.2, -0.15) is 0 Å². The fraction of sp³-hybridized carbons (Fsp3) is 0.941. The van der Waals surface area contributed by atoms with Crippen LogP contribution in [0.15, 0.2) is 0 Å². The highest BCUT2D eigenvalue weighted by molar-refractivity contribution is 5.71. The Kier molecular flexibility index (Phi) is 9.68. The number of esters is 1. The van der Waals surface area contributed by atoms with Crippen molar-refractivity contribution in [3.63, 3.8) is 0 Å². The SMILES string of the molecule is CCCC[C@@H](CN)N(CC(=O)OCC)CC1CCCCC1. The van der Waals surface area contributed by atoms with Crippen LogP contribution in [0.25, 0.3) is 0 Å². The highest BCUT2D eigenvalue weighted by atomic mass is 16.5. The quantitative estimate of drug-likeness (QED) is 0.630. The van der Waals surface area contributed by atoms with Gasteiger partial charge in [0.05, 0.1) is 13.2 Å². The van der Waals surface area contributed by atoms with Gasteiger partial charge in [0, 0.05) is 19.1 Å². The summed E-state index contributed by atoms with van der Waals surface area (Å²) in [4.78, 5) is 14.2. The molecular weight excluding hydrogens is 264 g/mol. The number of carbonyl (C=O) groups excluding carboxylic acids is 1. The van der Waals surface area contributed by atoms with Crippen molar-refractivity contribution in [2.45, 2.75) is 71.3 Å². The number of ether oxygens (including phenoxy) is 1. The van der Waals surface area contributed by atoms with Gasteiger partial charge in [-0.1, -0.05) is 39.0 Å². The number of carbonyl (C=O) groups is 1. The van der Waals surface area contributed by atoms with E-state index < -0.39 is 0 Å². The molecule has 1 fully saturated rings. The third-order valence-corrected chi connectivity index (χ3v) is 4.53. The van der Waals surface area contributed by atoms with E-state index in [0.717, 1.165) is 18.9 Å². The summed E-state index contributed by atoms with van der Waals surface area (Å²) >= 11 is 0. The van der Waals surface area contributed by atoms with Gasteiger partial charge in [-0.3, -0.25) is 9.69 Å². The monoisotopic (exact) mass is 298 g/mol. The molecule has 0 aromatic carbocycles. The van der Waals surface area contributed by atoms with Crippen molar-refractivity contribution < 1.29 is 9.53 Å². The van der Waals surface area contributed by atoms with Gasteiger partial charge >= 0.3 is 5.97 Å². The summed E-state index contributed by atoms with van der Waals surface area (Å²) in [6, 6.07) is 0.316. The molecule has 0 saturated heterocycles. The number of rotatable bonds is 10. The molecule has 0 unspecified atom stereocenters. The maximum Gasteiger partial charge on any atom is 0.320 e. The van der Waals surface area contributed by atoms with E-state index in [2.05, 4.69) is 11.8 Å². The molecule has 0 aromatic heterocycles. The van der Waals surface area contributed by atoms with Crippen LogP contribution in [0.1, 0.15) is 65.2 Å². The van der Waals surface area contributed by atoms with Crippen molar-refractivity contribution >= 4 is 5.97 Å². The molecule has 0 radical (unpaired) electrons. The van der Waals surface area contributed by atoms with Gasteiger partial charge in [-0.15, -0.1) is 0 Å². The summed E-state index contributed by atoms with van der Waals surface area (Å²) in [6.07, 6.45) is 10.1. The van der Waals surface area contributed by atoms with Gasteiger partial charge in [0.25, 0.3) is 0 Å². The molecule has 0 spiro atoms. The van der Waals surface area contributed by atoms with Crippen LogP contribution in [-0.4, -0.2) is 43.2 Å². The zero-order valence-corrected chi connectivity index (χ0v) is 14.0. The Hall–Kier alpha value is -0.610. The Bertz CT molecular complexity index is 278. The van der Waals surface area contributed by atoms with Gasteiger partial charge in [0.15, 0.2) is 0 Å². The highest BCUT2D eigenvalue weighted by Crippen LogP contribution is 2.25. The lowest BCUT2D eigenvalue weighted by Crippen LogP contribution is -2.46. The Labute approximate surface area is 130 Å². The van der Waals surface area contributed by atoms with Crippen LogP contribution >= 0.6 is 0 Å². The van der Waals surface area contributed by atoms with E-state index in [4.69, 9.17) is 10.5 Å². The molecule has 0 bridgehead atoms. The topological polar surface area (TPSA) is 55.6 Å². The first kappa shape index (κ1) is 18.4. The summed E-state index contributed by atoms with van der Waals surface area (Å²) in [5.41, 5.74) is 5.98. The van der Waals surface area contributed by atoms with Crippen LogP contribution in [0.2, 0.25) is 0 Å². The van der Waals surface area contributed by atoms with E-state index in [-0.39, 0.29) is 5.97 Å². The molecule has 1 rings (SSSR count). The van der Waals surface area contributed by atoms with Crippen LogP contribution in [0, 0.1) is 5.92 Å². The standard InChI is InChI=1S/C17H34N2O2/c1-3-5-11-16(12-18)19(14-17(20)21-4-2)13-15-9-7-6-8-10-15/h15-16H,3-14,18H2,1-2H3/t16-/m0/s1. The van der Waals surface area contributed by atoms with E-state index >= 15 is 0 Å². The number of hydrogen-bond donors (Lipinski definition) is 1. The minimum Gasteiger partial charge on any atom is -0.465 e. The molecule has 4 heteroatoms. The van der Waals surface area contributed by atoms with Gasteiger partial charge < -0.3 is 10.5 Å². The average Bonchev–Trinajstić information content (AvgIpc) is 2.49. The molecule has 21 heavy (non-hydrogen) atoms. The minimum absolute atomic E-state index is 0.108. The lowest BCUT2D eigenvalue weighted by Gasteiger charge is -2.34. The van der Waals surface area contributed by atoms with Crippen molar-refractivity contribution in [2.75, 3.05) is 26.2 Å². The molecule has 1 aliphatic carbocycles. The third kappa shape index (κ3) is 7.28. The molecular formula is C17H34N2O2. The van der Waals surface area contributed by atoms with Crippen molar-refractivity contribution in [1.29, 1.82) is 0 Å². The first-order valence-corrected chi connectivity index (χ1v) is 8.80. The Morgan fingerprint density at radius 3 is 2.57 bits per heavy atom. The smallest absolute Gasteiger partial charge is 0.320 e. The Morgan fingerprint density at radius 1 is 1.29 bits per heavy atom. The van der Waals surface area contributed by atoms with E-state index in [1.807, 2.05) is 6.92 Å². The summed E-state index contributed by atoms with van der Waals surface area (Å²) in [5, 5.41) is 0. The molecule has 0 aromatic rings. The molecule has 0 aliphatic heterocycles. The average molecular weight is 298 g/mol. The first-order chi connectivity index (χ1) is 10.2. The lowest BCUT2D eigenvalue weighted by atomic mass is 9.88. The summed E-state index contributed by atoms with van der Waals surface area (Å²) in [7, 11) is 0. The summed E-state index contributed by atoms with van der Waals surface area (Å²) in [6.45, 7) is 6.55. The summed E-state index contributed by atoms with van der Waals surface area (Å²) in [5.74, 6) is 0.618. The van der Waals surface area contributed by atoms with Gasteiger partial charge in [-0.25, -0.2) is 0 Å². The maximum atomic E-state index is 11.9. The second-order valence-corrected chi connectivity index (χ2v) is 6.27. The zero-order valence-electron chi connectivity index (χ0n) is 14.0. The van der Waals surface area contributed by atoms with Crippen LogP contribution in [0.5, 0.6) is 0 Å². The molecule has 4 nitrogen and oxygen atoms in total. The highest BCUT2D eigenvalue weighted by Gasteiger charge is 2.24. The van der Waals surface area contributed by atoms with Crippen LogP contribution in [0.3, 0.4) is 0 Å². The van der Waals surface area contributed by atoms with Crippen molar-refractivity contribution in [2.24, 2.45) is 11.7 Å². The van der Waals surface area contributed by atoms with Crippen molar-refractivity contribution in [1.82, 2.24) is 4.90 Å². The molecule has 1 aliphatic rings. The number of nitrogens with two attached hydrogens (primary N) is 1. The first-order valence-electron chi connectivity index (χ1n) is 8.80. The largest absolute Gasteiger partial charge is 0.465 e. The molecule has 124 valence electrons. The molecule has 0 amide bonds. The second kappa shape index (κ2) is 11.0. The van der Waals surface area contributed by atoms with Gasteiger partial charge in [0.1, 0.15) is 0 Å². The number of hydrogen-bond acceptors (Lipinski definition) is 4. The van der Waals surface area contributed by atoms with Crippen molar-refractivity contribution in [3.8, 4) is 0 Å². The van der Waals surface area contributed by atoms with E-state index in [0.29, 0.717) is 25.7 Å². The van der Waals surface area contributed by atoms with E-state index in [1.54, 1.807) is 0 Å². The van der Waals surface area contributed by atoms with Crippen molar-refractivity contribution in [3.05, 3.63) is 0 Å². The van der Waals surface area contributed by atoms with Crippen LogP contribution < -0.4 is 5.73 Å². The predicted molar refractivity (Wildman–Crippen MR) is 87.1 cm³/mol. The number of unbranched alkanes of at least 4 members (excludes halogenated alkanes) is 1. The van der Waals surface area contributed by atoms with E-state index in [1.165, 1.54) is 44.9 Å². The molecule has 0 heterocycles. The fourth-order valence-electron chi connectivity index (χ4n) is 3.31. The Morgan fingerprint density at radius 2 is 2.00 bits per heavy atom. The maximum absolute atomic E-state index is 11.9. The minimum atomic E-state index is -0.108. The van der Waals surface area contributed by atoms with Crippen LogP contribution in [-0.2, 0) is 9.53 Å². The number of nitrogens with zero attached hydrogens (tertiary/aromatic N) is 1. The van der Waals surface area contributed by atoms with E-state index in [9.17, 15) is 4.79 Å².